The van der Waals surface area contributed by atoms with Gasteiger partial charge in [-0.1, -0.05) is 18.2 Å². The van der Waals surface area contributed by atoms with Gasteiger partial charge in [0, 0.05) is 24.0 Å². The molecule has 88 valence electrons. The van der Waals surface area contributed by atoms with Gasteiger partial charge in [0.25, 0.3) is 0 Å². The van der Waals surface area contributed by atoms with Gasteiger partial charge in [-0.15, -0.1) is 0 Å². The molecule has 1 saturated carbocycles. The van der Waals surface area contributed by atoms with Crippen LogP contribution in [0.15, 0.2) is 48.8 Å². The van der Waals surface area contributed by atoms with Crippen molar-refractivity contribution in [2.24, 2.45) is 0 Å². The first-order valence-corrected chi connectivity index (χ1v) is 6.13. The predicted molar refractivity (Wildman–Crippen MR) is 68.3 cm³/mol. The summed E-state index contributed by atoms with van der Waals surface area (Å²) in [7, 11) is 0. The van der Waals surface area contributed by atoms with Crippen LogP contribution in [-0.4, -0.2) is 10.9 Å². The number of hydrogen-bond acceptors (Lipinski definition) is 2. The predicted octanol–water partition coefficient (Wildman–Crippen LogP) is 2.46. The molecule has 0 bridgehead atoms. The molecule has 1 spiro atoms. The van der Waals surface area contributed by atoms with Gasteiger partial charge in [-0.05, 0) is 35.7 Å². The molecule has 1 aliphatic carbocycles. The third-order valence-corrected chi connectivity index (χ3v) is 4.13. The minimum atomic E-state index is -0.321. The number of fused-ring (bicyclic) bond motifs is 2. The molecule has 1 amide bonds. The summed E-state index contributed by atoms with van der Waals surface area (Å²) in [5, 5.41) is 3.00. The van der Waals surface area contributed by atoms with Crippen LogP contribution in [-0.2, 0) is 10.2 Å². The molecule has 4 rings (SSSR count). The Balaban J connectivity index is 1.81. The summed E-state index contributed by atoms with van der Waals surface area (Å²) in [5.74, 6) is 0.440. The first kappa shape index (κ1) is 9.83. The number of nitrogens with zero attached hydrogens (tertiary/aromatic N) is 1. The van der Waals surface area contributed by atoms with Crippen LogP contribution in [0.5, 0.6) is 0 Å². The summed E-state index contributed by atoms with van der Waals surface area (Å²) in [5.41, 5.74) is 3.01. The van der Waals surface area contributed by atoms with E-state index in [0.717, 1.165) is 17.7 Å². The normalized spacial score (nSPS) is 28.0. The number of para-hydroxylation sites is 1. The molecule has 3 heteroatoms. The molecular weight excluding hydrogens is 224 g/mol. The summed E-state index contributed by atoms with van der Waals surface area (Å²) in [6, 6.07) is 12.0. The topological polar surface area (TPSA) is 42.0 Å². The highest BCUT2D eigenvalue weighted by molar-refractivity contribution is 6.09. The van der Waals surface area contributed by atoms with E-state index in [1.165, 1.54) is 5.56 Å². The highest BCUT2D eigenvalue weighted by Crippen LogP contribution is 2.64. The zero-order valence-electron chi connectivity index (χ0n) is 9.76. The van der Waals surface area contributed by atoms with Crippen molar-refractivity contribution in [1.82, 2.24) is 4.98 Å². The van der Waals surface area contributed by atoms with Crippen LogP contribution in [0.3, 0.4) is 0 Å². The third kappa shape index (κ3) is 1.09. The van der Waals surface area contributed by atoms with E-state index in [2.05, 4.69) is 16.4 Å². The summed E-state index contributed by atoms with van der Waals surface area (Å²) in [6.07, 6.45) is 4.49. The summed E-state index contributed by atoms with van der Waals surface area (Å²) in [6.45, 7) is 0. The molecule has 1 aliphatic heterocycles. The largest absolute Gasteiger partial charge is 0.325 e. The highest BCUT2D eigenvalue weighted by Gasteiger charge is 2.64. The van der Waals surface area contributed by atoms with Crippen LogP contribution in [0.25, 0.3) is 0 Å². The van der Waals surface area contributed by atoms with Crippen LogP contribution in [0.4, 0.5) is 5.69 Å². The van der Waals surface area contributed by atoms with E-state index >= 15 is 0 Å². The Labute approximate surface area is 105 Å². The van der Waals surface area contributed by atoms with Crippen LogP contribution >= 0.6 is 0 Å². The Hall–Kier alpha value is -2.16. The second-order valence-corrected chi connectivity index (χ2v) is 5.01. The fourth-order valence-electron chi connectivity index (χ4n) is 3.15. The number of carbonyl (C=O) groups is 1. The number of pyridine rings is 1. The van der Waals surface area contributed by atoms with E-state index in [1.807, 2.05) is 30.3 Å². The lowest BCUT2D eigenvalue weighted by molar-refractivity contribution is -0.118. The van der Waals surface area contributed by atoms with E-state index in [1.54, 1.807) is 12.4 Å². The number of benzene rings is 1. The van der Waals surface area contributed by atoms with Crippen molar-refractivity contribution in [3.05, 3.63) is 59.9 Å². The van der Waals surface area contributed by atoms with Crippen molar-refractivity contribution in [2.45, 2.75) is 17.8 Å². The smallest absolute Gasteiger partial charge is 0.235 e. The van der Waals surface area contributed by atoms with Crippen molar-refractivity contribution in [3.63, 3.8) is 0 Å². The number of aromatic nitrogens is 1. The van der Waals surface area contributed by atoms with Gasteiger partial charge in [0.2, 0.25) is 5.91 Å². The number of amides is 1. The minimum Gasteiger partial charge on any atom is -0.325 e. The van der Waals surface area contributed by atoms with Gasteiger partial charge in [-0.25, -0.2) is 0 Å². The minimum absolute atomic E-state index is 0.144. The van der Waals surface area contributed by atoms with Crippen molar-refractivity contribution in [1.29, 1.82) is 0 Å². The zero-order chi connectivity index (χ0) is 12.2. The maximum absolute atomic E-state index is 12.3. The maximum Gasteiger partial charge on any atom is 0.235 e. The number of carbonyl (C=O) groups excluding carboxylic acids is 1. The zero-order valence-corrected chi connectivity index (χ0v) is 9.76. The Morgan fingerprint density at radius 3 is 2.78 bits per heavy atom. The van der Waals surface area contributed by atoms with Gasteiger partial charge in [0.1, 0.15) is 0 Å². The first-order chi connectivity index (χ1) is 8.82. The number of nitrogens with one attached hydrogen (secondary N) is 1. The molecule has 2 aliphatic rings. The molecule has 0 unspecified atom stereocenters. The Morgan fingerprint density at radius 2 is 1.94 bits per heavy atom. The molecule has 1 N–H and O–H groups in total. The lowest BCUT2D eigenvalue weighted by Gasteiger charge is -2.08. The lowest BCUT2D eigenvalue weighted by atomic mass is 9.92. The van der Waals surface area contributed by atoms with Crippen molar-refractivity contribution >= 4 is 11.6 Å². The standard InChI is InChI=1S/C15H12N2O/c18-14-15(11-3-1-2-4-13(11)17-14)9-12(15)10-5-7-16-8-6-10/h1-8,12H,9H2,(H,17,18)/t12-,15-/m0/s1. The SMILES string of the molecule is O=C1Nc2ccccc2[C@]12C[C@H]2c1ccncc1. The molecule has 2 atom stereocenters. The molecule has 1 aromatic heterocycles. The second kappa shape index (κ2) is 3.19. The molecule has 1 fully saturated rings. The molecule has 2 heterocycles. The molecule has 0 radical (unpaired) electrons. The molecule has 2 aromatic rings. The van der Waals surface area contributed by atoms with Gasteiger partial charge in [0.05, 0.1) is 5.41 Å². The second-order valence-electron chi connectivity index (χ2n) is 5.01. The first-order valence-electron chi connectivity index (χ1n) is 6.13. The van der Waals surface area contributed by atoms with Gasteiger partial charge in [-0.2, -0.15) is 0 Å². The number of anilines is 1. The molecule has 1 aromatic carbocycles. The maximum atomic E-state index is 12.3. The van der Waals surface area contributed by atoms with E-state index in [9.17, 15) is 4.79 Å². The lowest BCUT2D eigenvalue weighted by Crippen LogP contribution is -2.20. The Morgan fingerprint density at radius 1 is 1.17 bits per heavy atom. The monoisotopic (exact) mass is 236 g/mol. The summed E-state index contributed by atoms with van der Waals surface area (Å²) < 4.78 is 0. The fraction of sp³-hybridized carbons (Fsp3) is 0.200. The number of rotatable bonds is 1. The van der Waals surface area contributed by atoms with Crippen LogP contribution in [0.1, 0.15) is 23.5 Å². The van der Waals surface area contributed by atoms with Crippen LogP contribution in [0, 0.1) is 0 Å². The average molecular weight is 236 g/mol. The summed E-state index contributed by atoms with van der Waals surface area (Å²) >= 11 is 0. The number of hydrogen-bond donors (Lipinski definition) is 1. The van der Waals surface area contributed by atoms with Gasteiger partial charge >= 0.3 is 0 Å². The molecule has 3 nitrogen and oxygen atoms in total. The fourth-order valence-corrected chi connectivity index (χ4v) is 3.15. The van der Waals surface area contributed by atoms with Crippen molar-refractivity contribution in [2.75, 3.05) is 5.32 Å². The average Bonchev–Trinajstić information content (AvgIpc) is 3.10. The van der Waals surface area contributed by atoms with E-state index in [-0.39, 0.29) is 11.3 Å². The molecular formula is C15H12N2O. The Bertz CT molecular complexity index is 638. The van der Waals surface area contributed by atoms with Gasteiger partial charge in [-0.3, -0.25) is 9.78 Å². The summed E-state index contributed by atoms with van der Waals surface area (Å²) in [4.78, 5) is 16.3. The highest BCUT2D eigenvalue weighted by atomic mass is 16.2. The third-order valence-electron chi connectivity index (χ3n) is 4.13. The Kier molecular flexibility index (Phi) is 1.74. The quantitative estimate of drug-likeness (QED) is 0.826. The van der Waals surface area contributed by atoms with Crippen LogP contribution < -0.4 is 5.32 Å². The van der Waals surface area contributed by atoms with Crippen molar-refractivity contribution < 1.29 is 4.79 Å². The van der Waals surface area contributed by atoms with Gasteiger partial charge in [0.15, 0.2) is 0 Å². The van der Waals surface area contributed by atoms with E-state index < -0.39 is 0 Å². The molecule has 18 heavy (non-hydrogen) atoms. The molecule has 0 saturated heterocycles. The van der Waals surface area contributed by atoms with Crippen LogP contribution in [0.2, 0.25) is 0 Å². The van der Waals surface area contributed by atoms with Crippen molar-refractivity contribution in [3.8, 4) is 0 Å². The van der Waals surface area contributed by atoms with E-state index in [4.69, 9.17) is 0 Å². The van der Waals surface area contributed by atoms with Gasteiger partial charge < -0.3 is 5.32 Å². The van der Waals surface area contributed by atoms with E-state index in [0.29, 0.717) is 5.92 Å².